The van der Waals surface area contributed by atoms with Crippen molar-refractivity contribution >= 4 is 5.91 Å². The SMILES string of the molecule is CC(=O)N1CCC[C@H]1C(N)O. The van der Waals surface area contributed by atoms with Gasteiger partial charge in [-0.2, -0.15) is 0 Å². The Morgan fingerprint density at radius 1 is 1.82 bits per heavy atom. The molecule has 1 amide bonds. The van der Waals surface area contributed by atoms with Crippen molar-refractivity contribution in [1.82, 2.24) is 4.90 Å². The van der Waals surface area contributed by atoms with Crippen LogP contribution in [-0.2, 0) is 4.79 Å². The molecule has 0 aromatic carbocycles. The molecule has 0 spiro atoms. The van der Waals surface area contributed by atoms with Crippen LogP contribution in [-0.4, -0.2) is 34.7 Å². The van der Waals surface area contributed by atoms with E-state index in [0.29, 0.717) is 0 Å². The maximum absolute atomic E-state index is 10.9. The highest BCUT2D eigenvalue weighted by molar-refractivity contribution is 5.73. The number of nitrogens with two attached hydrogens (primary N) is 1. The van der Waals surface area contributed by atoms with Crippen molar-refractivity contribution < 1.29 is 9.90 Å². The number of aliphatic hydroxyl groups excluding tert-OH is 1. The summed E-state index contributed by atoms with van der Waals surface area (Å²) in [7, 11) is 0. The summed E-state index contributed by atoms with van der Waals surface area (Å²) >= 11 is 0. The number of hydrogen-bond donors (Lipinski definition) is 2. The number of likely N-dealkylation sites (tertiary alicyclic amines) is 1. The largest absolute Gasteiger partial charge is 0.377 e. The standard InChI is InChI=1S/C7H14N2O2/c1-5(10)9-4-2-3-6(9)7(8)11/h6-7,11H,2-4,8H2,1H3/t6-,7?/m0/s1. The van der Waals surface area contributed by atoms with E-state index in [1.165, 1.54) is 6.92 Å². The molecule has 0 aliphatic carbocycles. The van der Waals surface area contributed by atoms with E-state index < -0.39 is 6.23 Å². The minimum Gasteiger partial charge on any atom is -0.377 e. The zero-order valence-electron chi connectivity index (χ0n) is 6.66. The Hall–Kier alpha value is -0.610. The Balaban J connectivity index is 2.58. The molecule has 0 aromatic rings. The molecule has 11 heavy (non-hydrogen) atoms. The minimum absolute atomic E-state index is 0.00278. The first-order valence-corrected chi connectivity index (χ1v) is 3.84. The quantitative estimate of drug-likeness (QED) is 0.495. The molecule has 0 saturated carbocycles. The molecular formula is C7H14N2O2. The summed E-state index contributed by atoms with van der Waals surface area (Å²) in [4.78, 5) is 12.5. The van der Waals surface area contributed by atoms with Crippen molar-refractivity contribution in [3.8, 4) is 0 Å². The highest BCUT2D eigenvalue weighted by atomic mass is 16.3. The smallest absolute Gasteiger partial charge is 0.219 e. The second-order valence-electron chi connectivity index (χ2n) is 2.91. The number of amides is 1. The Morgan fingerprint density at radius 3 is 2.82 bits per heavy atom. The highest BCUT2D eigenvalue weighted by Crippen LogP contribution is 2.18. The van der Waals surface area contributed by atoms with E-state index in [4.69, 9.17) is 10.8 Å². The molecule has 1 aliphatic rings. The molecule has 4 heteroatoms. The maximum Gasteiger partial charge on any atom is 0.219 e. The summed E-state index contributed by atoms with van der Waals surface area (Å²) in [5, 5.41) is 9.06. The molecule has 1 saturated heterocycles. The van der Waals surface area contributed by atoms with Crippen LogP contribution in [0, 0.1) is 0 Å². The molecule has 1 heterocycles. The fourth-order valence-corrected chi connectivity index (χ4v) is 1.54. The molecule has 0 radical (unpaired) electrons. The predicted molar refractivity (Wildman–Crippen MR) is 40.6 cm³/mol. The average molecular weight is 158 g/mol. The van der Waals surface area contributed by atoms with Gasteiger partial charge in [-0.15, -0.1) is 0 Å². The Labute approximate surface area is 66.0 Å². The van der Waals surface area contributed by atoms with E-state index in [2.05, 4.69) is 0 Å². The summed E-state index contributed by atoms with van der Waals surface area (Å²) < 4.78 is 0. The van der Waals surface area contributed by atoms with Gasteiger partial charge in [0, 0.05) is 13.5 Å². The first-order chi connectivity index (χ1) is 5.13. The number of aliphatic hydroxyl groups is 1. The second kappa shape index (κ2) is 3.19. The number of hydrogen-bond acceptors (Lipinski definition) is 3. The third kappa shape index (κ3) is 1.70. The van der Waals surface area contributed by atoms with Crippen molar-refractivity contribution in [2.45, 2.75) is 32.0 Å². The topological polar surface area (TPSA) is 66.6 Å². The van der Waals surface area contributed by atoms with Crippen LogP contribution < -0.4 is 5.73 Å². The fourth-order valence-electron chi connectivity index (χ4n) is 1.54. The van der Waals surface area contributed by atoms with Crippen molar-refractivity contribution in [3.05, 3.63) is 0 Å². The van der Waals surface area contributed by atoms with Crippen LogP contribution in [0.25, 0.3) is 0 Å². The molecule has 1 unspecified atom stereocenters. The van der Waals surface area contributed by atoms with Gasteiger partial charge in [0.05, 0.1) is 6.04 Å². The Kier molecular flexibility index (Phi) is 2.46. The van der Waals surface area contributed by atoms with E-state index >= 15 is 0 Å². The molecule has 2 atom stereocenters. The number of nitrogens with zero attached hydrogens (tertiary/aromatic N) is 1. The molecule has 1 rings (SSSR count). The zero-order valence-corrected chi connectivity index (χ0v) is 6.66. The molecule has 1 aliphatic heterocycles. The lowest BCUT2D eigenvalue weighted by atomic mass is 10.2. The second-order valence-corrected chi connectivity index (χ2v) is 2.91. The van der Waals surface area contributed by atoms with Crippen LogP contribution >= 0.6 is 0 Å². The van der Waals surface area contributed by atoms with Gasteiger partial charge in [0.1, 0.15) is 6.23 Å². The van der Waals surface area contributed by atoms with Gasteiger partial charge in [-0.25, -0.2) is 0 Å². The van der Waals surface area contributed by atoms with Crippen LogP contribution in [0.2, 0.25) is 0 Å². The number of rotatable bonds is 1. The van der Waals surface area contributed by atoms with E-state index in [1.807, 2.05) is 0 Å². The molecule has 3 N–H and O–H groups in total. The van der Waals surface area contributed by atoms with Gasteiger partial charge in [0.15, 0.2) is 0 Å². The Morgan fingerprint density at radius 2 is 2.45 bits per heavy atom. The van der Waals surface area contributed by atoms with Gasteiger partial charge >= 0.3 is 0 Å². The lowest BCUT2D eigenvalue weighted by molar-refractivity contribution is -0.131. The van der Waals surface area contributed by atoms with Crippen molar-refractivity contribution in [2.75, 3.05) is 6.54 Å². The molecule has 4 nitrogen and oxygen atoms in total. The summed E-state index contributed by atoms with van der Waals surface area (Å²) in [5.41, 5.74) is 5.29. The molecule has 1 fully saturated rings. The van der Waals surface area contributed by atoms with Crippen molar-refractivity contribution in [3.63, 3.8) is 0 Å². The van der Waals surface area contributed by atoms with Gasteiger partial charge < -0.3 is 15.7 Å². The van der Waals surface area contributed by atoms with Crippen LogP contribution in [0.15, 0.2) is 0 Å². The van der Waals surface area contributed by atoms with E-state index in [9.17, 15) is 4.79 Å². The molecule has 64 valence electrons. The van der Waals surface area contributed by atoms with Gasteiger partial charge in [0.25, 0.3) is 0 Å². The zero-order chi connectivity index (χ0) is 8.43. The van der Waals surface area contributed by atoms with Crippen LogP contribution in [0.5, 0.6) is 0 Å². The van der Waals surface area contributed by atoms with Gasteiger partial charge in [-0.05, 0) is 12.8 Å². The van der Waals surface area contributed by atoms with E-state index in [1.54, 1.807) is 4.90 Å². The molecular weight excluding hydrogens is 144 g/mol. The molecule has 0 bridgehead atoms. The normalized spacial score (nSPS) is 27.2. The van der Waals surface area contributed by atoms with Crippen molar-refractivity contribution in [1.29, 1.82) is 0 Å². The average Bonchev–Trinajstić information content (AvgIpc) is 2.32. The monoisotopic (exact) mass is 158 g/mol. The maximum atomic E-state index is 10.9. The first-order valence-electron chi connectivity index (χ1n) is 3.84. The van der Waals surface area contributed by atoms with Crippen LogP contribution in [0.4, 0.5) is 0 Å². The Bertz CT molecular complexity index is 159. The van der Waals surface area contributed by atoms with Gasteiger partial charge in [0.2, 0.25) is 5.91 Å². The van der Waals surface area contributed by atoms with E-state index in [-0.39, 0.29) is 11.9 Å². The third-order valence-electron chi connectivity index (χ3n) is 2.10. The minimum atomic E-state index is -0.888. The van der Waals surface area contributed by atoms with Gasteiger partial charge in [-0.3, -0.25) is 4.79 Å². The third-order valence-corrected chi connectivity index (χ3v) is 2.10. The highest BCUT2D eigenvalue weighted by Gasteiger charge is 2.29. The summed E-state index contributed by atoms with van der Waals surface area (Å²) in [6.07, 6.45) is 0.872. The van der Waals surface area contributed by atoms with E-state index in [0.717, 1.165) is 19.4 Å². The van der Waals surface area contributed by atoms with Crippen LogP contribution in [0.1, 0.15) is 19.8 Å². The first kappa shape index (κ1) is 8.49. The summed E-state index contributed by atoms with van der Waals surface area (Å²) in [6, 6.07) is -0.160. The van der Waals surface area contributed by atoms with Crippen molar-refractivity contribution in [2.24, 2.45) is 5.73 Å². The lowest BCUT2D eigenvalue weighted by Gasteiger charge is -2.24. The fraction of sp³-hybridized carbons (Fsp3) is 0.857. The van der Waals surface area contributed by atoms with Gasteiger partial charge in [-0.1, -0.05) is 0 Å². The summed E-state index contributed by atoms with van der Waals surface area (Å²) in [5.74, 6) is -0.00278. The molecule has 0 aromatic heterocycles. The number of carbonyl (C=O) groups is 1. The number of carbonyl (C=O) groups excluding carboxylic acids is 1. The predicted octanol–water partition coefficient (Wildman–Crippen LogP) is -0.726. The lowest BCUT2D eigenvalue weighted by Crippen LogP contribution is -2.45. The summed E-state index contributed by atoms with van der Waals surface area (Å²) in [6.45, 7) is 2.23. The van der Waals surface area contributed by atoms with Crippen LogP contribution in [0.3, 0.4) is 0 Å².